The van der Waals surface area contributed by atoms with E-state index in [2.05, 4.69) is 15.5 Å². The third-order valence-corrected chi connectivity index (χ3v) is 2.85. The lowest BCUT2D eigenvalue weighted by molar-refractivity contribution is 0.0951. The maximum atomic E-state index is 12.0. The number of halogens is 1. The van der Waals surface area contributed by atoms with E-state index < -0.39 is 0 Å². The topological polar surface area (TPSA) is 54.9 Å². The predicted octanol–water partition coefficient (Wildman–Crippen LogP) is 2.48. The van der Waals surface area contributed by atoms with Gasteiger partial charge in [0.05, 0.1) is 17.0 Å². The SMILES string of the molecule is CCc1nnc(C)cc1C(=O)NCCCC(C)Cl. The molecule has 18 heavy (non-hydrogen) atoms. The average molecular weight is 270 g/mol. The molecule has 1 atom stereocenters. The van der Waals surface area contributed by atoms with E-state index in [-0.39, 0.29) is 11.3 Å². The Morgan fingerprint density at radius 2 is 2.22 bits per heavy atom. The number of rotatable bonds is 6. The highest BCUT2D eigenvalue weighted by molar-refractivity contribution is 6.20. The Hall–Kier alpha value is -1.16. The van der Waals surface area contributed by atoms with Gasteiger partial charge in [-0.2, -0.15) is 10.2 Å². The fourth-order valence-corrected chi connectivity index (χ4v) is 1.81. The van der Waals surface area contributed by atoms with Crippen molar-refractivity contribution in [3.63, 3.8) is 0 Å². The molecule has 5 heteroatoms. The molecule has 1 amide bonds. The fraction of sp³-hybridized carbons (Fsp3) is 0.615. The molecule has 4 nitrogen and oxygen atoms in total. The van der Waals surface area contributed by atoms with Gasteiger partial charge in [0.1, 0.15) is 0 Å². The molecule has 0 aromatic carbocycles. The lowest BCUT2D eigenvalue weighted by Crippen LogP contribution is -2.26. The lowest BCUT2D eigenvalue weighted by atomic mass is 10.1. The van der Waals surface area contributed by atoms with E-state index >= 15 is 0 Å². The Bertz CT molecular complexity index is 407. The first-order valence-electron chi connectivity index (χ1n) is 6.30. The van der Waals surface area contributed by atoms with E-state index in [4.69, 9.17) is 11.6 Å². The van der Waals surface area contributed by atoms with Crippen LogP contribution < -0.4 is 5.32 Å². The minimum Gasteiger partial charge on any atom is -0.352 e. The number of carbonyl (C=O) groups excluding carboxylic acids is 1. The largest absolute Gasteiger partial charge is 0.352 e. The molecular weight excluding hydrogens is 250 g/mol. The van der Waals surface area contributed by atoms with Gasteiger partial charge in [0.2, 0.25) is 0 Å². The van der Waals surface area contributed by atoms with Crippen LogP contribution in [0.3, 0.4) is 0 Å². The molecule has 0 spiro atoms. The lowest BCUT2D eigenvalue weighted by Gasteiger charge is -2.09. The highest BCUT2D eigenvalue weighted by Gasteiger charge is 2.12. The van der Waals surface area contributed by atoms with Crippen LogP contribution in [0.2, 0.25) is 0 Å². The van der Waals surface area contributed by atoms with Crippen LogP contribution in [0.15, 0.2) is 6.07 Å². The van der Waals surface area contributed by atoms with Crippen LogP contribution in [0.4, 0.5) is 0 Å². The van der Waals surface area contributed by atoms with Crippen molar-refractivity contribution in [2.75, 3.05) is 6.54 Å². The van der Waals surface area contributed by atoms with Crippen molar-refractivity contribution in [2.24, 2.45) is 0 Å². The second-order valence-electron chi connectivity index (χ2n) is 4.38. The Kier molecular flexibility index (Phi) is 6.05. The zero-order valence-electron chi connectivity index (χ0n) is 11.2. The summed E-state index contributed by atoms with van der Waals surface area (Å²) in [5.41, 5.74) is 2.12. The zero-order valence-corrected chi connectivity index (χ0v) is 11.9. The van der Waals surface area contributed by atoms with E-state index in [0.717, 1.165) is 24.2 Å². The number of aromatic nitrogens is 2. The second-order valence-corrected chi connectivity index (χ2v) is 5.12. The molecular formula is C13H20ClN3O. The van der Waals surface area contributed by atoms with E-state index in [1.54, 1.807) is 6.07 Å². The van der Waals surface area contributed by atoms with Gasteiger partial charge >= 0.3 is 0 Å². The summed E-state index contributed by atoms with van der Waals surface area (Å²) in [6, 6.07) is 1.78. The first-order chi connectivity index (χ1) is 8.54. The van der Waals surface area contributed by atoms with Gasteiger partial charge < -0.3 is 5.32 Å². The van der Waals surface area contributed by atoms with Gasteiger partial charge in [0.25, 0.3) is 5.91 Å². The summed E-state index contributed by atoms with van der Waals surface area (Å²) < 4.78 is 0. The Balaban J connectivity index is 2.58. The van der Waals surface area contributed by atoms with Crippen molar-refractivity contribution in [3.8, 4) is 0 Å². The number of alkyl halides is 1. The normalized spacial score (nSPS) is 12.2. The van der Waals surface area contributed by atoms with Crippen LogP contribution in [0.5, 0.6) is 0 Å². The van der Waals surface area contributed by atoms with E-state index in [0.29, 0.717) is 18.5 Å². The number of hydrogen-bond acceptors (Lipinski definition) is 3. The van der Waals surface area contributed by atoms with Gasteiger partial charge in [0, 0.05) is 11.9 Å². The molecule has 0 aliphatic rings. The molecule has 0 fully saturated rings. The van der Waals surface area contributed by atoms with Crippen molar-refractivity contribution < 1.29 is 4.79 Å². The van der Waals surface area contributed by atoms with Crippen LogP contribution >= 0.6 is 11.6 Å². The Morgan fingerprint density at radius 3 is 2.83 bits per heavy atom. The zero-order chi connectivity index (χ0) is 13.5. The maximum Gasteiger partial charge on any atom is 0.253 e. The number of hydrogen-bond donors (Lipinski definition) is 1. The van der Waals surface area contributed by atoms with Gasteiger partial charge in [-0.25, -0.2) is 0 Å². The molecule has 1 aromatic rings. The minimum atomic E-state index is -0.0768. The van der Waals surface area contributed by atoms with E-state index in [1.165, 1.54) is 0 Å². The first kappa shape index (κ1) is 14.9. The molecule has 0 aliphatic carbocycles. The summed E-state index contributed by atoms with van der Waals surface area (Å²) in [5.74, 6) is -0.0768. The smallest absolute Gasteiger partial charge is 0.253 e. The molecule has 1 N–H and O–H groups in total. The van der Waals surface area contributed by atoms with Crippen LogP contribution in [-0.4, -0.2) is 28.0 Å². The van der Waals surface area contributed by atoms with Crippen molar-refractivity contribution in [3.05, 3.63) is 23.0 Å². The monoisotopic (exact) mass is 269 g/mol. The predicted molar refractivity (Wildman–Crippen MR) is 73.0 cm³/mol. The molecule has 0 radical (unpaired) electrons. The highest BCUT2D eigenvalue weighted by Crippen LogP contribution is 2.08. The maximum absolute atomic E-state index is 12.0. The molecule has 0 bridgehead atoms. The summed E-state index contributed by atoms with van der Waals surface area (Å²) in [6.45, 7) is 6.39. The van der Waals surface area contributed by atoms with Gasteiger partial charge in [-0.1, -0.05) is 6.92 Å². The molecule has 1 heterocycles. The van der Waals surface area contributed by atoms with E-state index in [9.17, 15) is 4.79 Å². The van der Waals surface area contributed by atoms with Gasteiger partial charge in [0.15, 0.2) is 0 Å². The first-order valence-corrected chi connectivity index (χ1v) is 6.73. The van der Waals surface area contributed by atoms with Crippen LogP contribution in [0.25, 0.3) is 0 Å². The molecule has 0 aliphatic heterocycles. The van der Waals surface area contributed by atoms with Gasteiger partial charge in [-0.05, 0) is 39.2 Å². The van der Waals surface area contributed by atoms with Crippen molar-refractivity contribution >= 4 is 17.5 Å². The number of carbonyl (C=O) groups is 1. The Labute approximate surface area is 113 Å². The van der Waals surface area contributed by atoms with E-state index in [1.807, 2.05) is 20.8 Å². The molecule has 100 valence electrons. The molecule has 1 aromatic heterocycles. The standard InChI is InChI=1S/C13H20ClN3O/c1-4-12-11(8-10(3)16-17-12)13(18)15-7-5-6-9(2)14/h8-9H,4-7H2,1-3H3,(H,15,18). The number of nitrogens with one attached hydrogen (secondary N) is 1. The summed E-state index contributed by atoms with van der Waals surface area (Å²) in [4.78, 5) is 12.0. The van der Waals surface area contributed by atoms with Crippen LogP contribution in [-0.2, 0) is 6.42 Å². The minimum absolute atomic E-state index is 0.0768. The molecule has 1 rings (SSSR count). The summed E-state index contributed by atoms with van der Waals surface area (Å²) in [6.07, 6.45) is 2.49. The number of aryl methyl sites for hydroxylation is 2. The van der Waals surface area contributed by atoms with Gasteiger partial charge in [-0.15, -0.1) is 11.6 Å². The van der Waals surface area contributed by atoms with Crippen molar-refractivity contribution in [1.29, 1.82) is 0 Å². The number of nitrogens with zero attached hydrogens (tertiary/aromatic N) is 2. The summed E-state index contributed by atoms with van der Waals surface area (Å²) in [7, 11) is 0. The third-order valence-electron chi connectivity index (χ3n) is 2.64. The highest BCUT2D eigenvalue weighted by atomic mass is 35.5. The molecule has 0 saturated heterocycles. The molecule has 0 saturated carbocycles. The average Bonchev–Trinajstić information content (AvgIpc) is 2.34. The fourth-order valence-electron chi connectivity index (χ4n) is 1.65. The Morgan fingerprint density at radius 1 is 1.50 bits per heavy atom. The van der Waals surface area contributed by atoms with Crippen LogP contribution in [0.1, 0.15) is 48.4 Å². The van der Waals surface area contributed by atoms with Gasteiger partial charge in [-0.3, -0.25) is 4.79 Å². The number of amides is 1. The summed E-state index contributed by atoms with van der Waals surface area (Å²) >= 11 is 5.85. The summed E-state index contributed by atoms with van der Waals surface area (Å²) in [5, 5.41) is 11.0. The third kappa shape index (κ3) is 4.61. The second kappa shape index (κ2) is 7.31. The molecule has 1 unspecified atom stereocenters. The van der Waals surface area contributed by atoms with Crippen molar-refractivity contribution in [1.82, 2.24) is 15.5 Å². The van der Waals surface area contributed by atoms with Crippen molar-refractivity contribution in [2.45, 2.75) is 45.4 Å². The van der Waals surface area contributed by atoms with Crippen LogP contribution in [0, 0.1) is 6.92 Å². The quantitative estimate of drug-likeness (QED) is 0.638.